The Morgan fingerprint density at radius 3 is 2.54 bits per heavy atom. The molecule has 2 saturated carbocycles. The van der Waals surface area contributed by atoms with E-state index in [0.29, 0.717) is 11.1 Å². The van der Waals surface area contributed by atoms with Gasteiger partial charge in [0, 0.05) is 17.5 Å². The number of H-pyrrole nitrogens is 1. The van der Waals surface area contributed by atoms with E-state index in [1.807, 2.05) is 4.57 Å². The molecule has 2 fully saturated rings. The van der Waals surface area contributed by atoms with Crippen molar-refractivity contribution in [2.45, 2.75) is 56.5 Å². The van der Waals surface area contributed by atoms with Crippen LogP contribution in [-0.4, -0.2) is 15.8 Å². The second kappa shape index (κ2) is 5.54. The number of nitrogens with zero attached hydrogens (tertiary/aromatic N) is 1. The Labute approximate surface area is 147 Å². The molecule has 0 atom stereocenters. The summed E-state index contributed by atoms with van der Waals surface area (Å²) in [6.07, 6.45) is 5.35. The normalized spacial score (nSPS) is 23.8. The molecular weight excluding hydrogens is 337 g/mol. The van der Waals surface area contributed by atoms with Crippen LogP contribution in [0.1, 0.15) is 56.0 Å². The maximum absolute atomic E-state index is 14.9. The fourth-order valence-electron chi connectivity index (χ4n) is 4.31. The zero-order valence-corrected chi connectivity index (χ0v) is 14.3. The monoisotopic (exact) mass is 357 g/mol. The van der Waals surface area contributed by atoms with E-state index in [-0.39, 0.29) is 40.3 Å². The third-order valence-corrected chi connectivity index (χ3v) is 5.87. The topological polar surface area (TPSA) is 94.0 Å². The van der Waals surface area contributed by atoms with Crippen LogP contribution >= 0.6 is 0 Å². The van der Waals surface area contributed by atoms with Crippen LogP contribution in [0.4, 0.5) is 4.39 Å². The molecule has 26 heavy (non-hydrogen) atoms. The molecule has 2 aromatic heterocycles. The zero-order valence-electron chi connectivity index (χ0n) is 14.3. The van der Waals surface area contributed by atoms with Crippen LogP contribution < -0.4 is 16.7 Å². The smallest absolute Gasteiger partial charge is 0.293 e. The van der Waals surface area contributed by atoms with Crippen LogP contribution in [0, 0.1) is 5.82 Å². The predicted octanol–water partition coefficient (Wildman–Crippen LogP) is 2.89. The Bertz CT molecular complexity index is 1130. The average molecular weight is 357 g/mol. The molecule has 0 unspecified atom stereocenters. The molecule has 2 aliphatic carbocycles. The number of nitrogens with one attached hydrogen (secondary N) is 1. The van der Waals surface area contributed by atoms with Gasteiger partial charge in [0.15, 0.2) is 5.39 Å². The van der Waals surface area contributed by atoms with Gasteiger partial charge >= 0.3 is 0 Å². The van der Waals surface area contributed by atoms with Gasteiger partial charge in [-0.2, -0.15) is 5.16 Å². The van der Waals surface area contributed by atoms with Gasteiger partial charge in [-0.25, -0.2) is 4.39 Å². The van der Waals surface area contributed by atoms with Crippen molar-refractivity contribution in [1.82, 2.24) is 9.72 Å². The van der Waals surface area contributed by atoms with Gasteiger partial charge in [-0.1, -0.05) is 0 Å². The van der Waals surface area contributed by atoms with Crippen molar-refractivity contribution in [2.24, 2.45) is 5.73 Å². The number of nitrogens with two attached hydrogens (primary N) is 1. The van der Waals surface area contributed by atoms with Crippen LogP contribution in [0.2, 0.25) is 0 Å². The Balaban J connectivity index is 1.80. The van der Waals surface area contributed by atoms with Crippen molar-refractivity contribution in [3.63, 3.8) is 0 Å². The molecule has 3 N–H and O–H groups in total. The highest BCUT2D eigenvalue weighted by molar-refractivity contribution is 5.91. The van der Waals surface area contributed by atoms with Crippen LogP contribution in [0.3, 0.4) is 0 Å². The molecule has 0 bridgehead atoms. The molecule has 5 rings (SSSR count). The summed E-state index contributed by atoms with van der Waals surface area (Å²) in [5.74, 6) is -0.271. The van der Waals surface area contributed by atoms with E-state index in [1.165, 1.54) is 6.07 Å². The molecule has 0 aliphatic heterocycles. The minimum absolute atomic E-state index is 0.0276. The lowest BCUT2D eigenvalue weighted by Crippen LogP contribution is -2.26. The van der Waals surface area contributed by atoms with Gasteiger partial charge in [-0.05, 0) is 62.1 Å². The fourth-order valence-corrected chi connectivity index (χ4v) is 4.31. The largest absolute Gasteiger partial charge is 0.360 e. The molecule has 3 aromatic rings. The molecule has 136 valence electrons. The molecule has 6 nitrogen and oxygen atoms in total. The Morgan fingerprint density at radius 2 is 1.85 bits per heavy atom. The van der Waals surface area contributed by atoms with Crippen molar-refractivity contribution in [3.05, 3.63) is 44.1 Å². The van der Waals surface area contributed by atoms with E-state index in [2.05, 4.69) is 5.16 Å². The number of hydrogen-bond acceptors (Lipinski definition) is 4. The molecular formula is C19H20FN3O3. The summed E-state index contributed by atoms with van der Waals surface area (Å²) in [6.45, 7) is 0. The van der Waals surface area contributed by atoms with E-state index in [4.69, 9.17) is 10.3 Å². The lowest BCUT2D eigenvalue weighted by Gasteiger charge is -2.27. The maximum Gasteiger partial charge on any atom is 0.293 e. The van der Waals surface area contributed by atoms with Crippen LogP contribution in [0.25, 0.3) is 22.0 Å². The SMILES string of the molecule is NC1CCC(c2cc3c(cc2F)c(=O)c2c(=O)[nH]oc2n3C2CC2)CC1. The van der Waals surface area contributed by atoms with Crippen LogP contribution in [0.15, 0.2) is 26.2 Å². The minimum Gasteiger partial charge on any atom is -0.360 e. The maximum atomic E-state index is 14.9. The molecule has 7 heteroatoms. The van der Waals surface area contributed by atoms with E-state index in [1.54, 1.807) is 6.07 Å². The van der Waals surface area contributed by atoms with Crippen molar-refractivity contribution in [1.29, 1.82) is 0 Å². The van der Waals surface area contributed by atoms with Crippen LogP contribution in [-0.2, 0) is 0 Å². The van der Waals surface area contributed by atoms with Gasteiger partial charge in [0.2, 0.25) is 11.1 Å². The standard InChI is InChI=1S/C19H20FN3O3/c20-14-7-13-15(8-12(14)9-1-3-10(21)4-2-9)23(11-5-6-11)19-16(17(13)24)18(25)22-26-19/h7-11H,1-6,21H2,(H,22,25). The average Bonchev–Trinajstić information content (AvgIpc) is 3.39. The van der Waals surface area contributed by atoms with Crippen molar-refractivity contribution < 1.29 is 8.91 Å². The lowest BCUT2D eigenvalue weighted by molar-refractivity contribution is 0.387. The molecule has 0 amide bonds. The molecule has 2 aliphatic rings. The van der Waals surface area contributed by atoms with E-state index < -0.39 is 11.0 Å². The number of halogens is 1. The summed E-state index contributed by atoms with van der Waals surface area (Å²) < 4.78 is 22.1. The molecule has 2 heterocycles. The van der Waals surface area contributed by atoms with Gasteiger partial charge in [-0.3, -0.25) is 9.59 Å². The van der Waals surface area contributed by atoms with Gasteiger partial charge in [-0.15, -0.1) is 0 Å². The van der Waals surface area contributed by atoms with Gasteiger partial charge in [0.25, 0.3) is 5.56 Å². The number of rotatable bonds is 2. The number of aromatic nitrogens is 2. The van der Waals surface area contributed by atoms with Crippen molar-refractivity contribution in [3.8, 4) is 0 Å². The Morgan fingerprint density at radius 1 is 1.12 bits per heavy atom. The summed E-state index contributed by atoms with van der Waals surface area (Å²) >= 11 is 0. The zero-order chi connectivity index (χ0) is 18.0. The van der Waals surface area contributed by atoms with Crippen molar-refractivity contribution >= 4 is 22.0 Å². The quantitative estimate of drug-likeness (QED) is 0.737. The number of hydrogen-bond donors (Lipinski definition) is 2. The van der Waals surface area contributed by atoms with E-state index >= 15 is 0 Å². The number of benzene rings is 1. The highest BCUT2D eigenvalue weighted by Crippen LogP contribution is 2.41. The summed E-state index contributed by atoms with van der Waals surface area (Å²) in [4.78, 5) is 24.8. The first-order valence-electron chi connectivity index (χ1n) is 9.19. The first-order chi connectivity index (χ1) is 12.5. The minimum atomic E-state index is -0.563. The molecule has 1 aromatic carbocycles. The predicted molar refractivity (Wildman–Crippen MR) is 96.0 cm³/mol. The van der Waals surface area contributed by atoms with Crippen molar-refractivity contribution in [2.75, 3.05) is 0 Å². The van der Waals surface area contributed by atoms with Gasteiger partial charge < -0.3 is 14.8 Å². The van der Waals surface area contributed by atoms with Gasteiger partial charge in [0.05, 0.1) is 5.52 Å². The Hall–Kier alpha value is -2.41. The number of aromatic amines is 1. The summed E-state index contributed by atoms with van der Waals surface area (Å²) in [7, 11) is 0. The van der Waals surface area contributed by atoms with Crippen LogP contribution in [0.5, 0.6) is 0 Å². The Kier molecular flexibility index (Phi) is 3.37. The second-order valence-electron chi connectivity index (χ2n) is 7.65. The third-order valence-electron chi connectivity index (χ3n) is 5.87. The summed E-state index contributed by atoms with van der Waals surface area (Å²) in [6, 6.07) is 3.45. The highest BCUT2D eigenvalue weighted by atomic mass is 19.1. The number of pyridine rings is 1. The highest BCUT2D eigenvalue weighted by Gasteiger charge is 2.31. The first-order valence-corrected chi connectivity index (χ1v) is 9.19. The second-order valence-corrected chi connectivity index (χ2v) is 7.65. The number of fused-ring (bicyclic) bond motifs is 2. The first kappa shape index (κ1) is 15.8. The van der Waals surface area contributed by atoms with E-state index in [9.17, 15) is 14.0 Å². The molecule has 0 radical (unpaired) electrons. The van der Waals surface area contributed by atoms with Gasteiger partial charge in [0.1, 0.15) is 5.82 Å². The molecule has 0 spiro atoms. The lowest BCUT2D eigenvalue weighted by atomic mass is 9.81. The fraction of sp³-hybridized carbons (Fsp3) is 0.474. The molecule has 0 saturated heterocycles. The van der Waals surface area contributed by atoms with E-state index in [0.717, 1.165) is 38.5 Å². The summed E-state index contributed by atoms with van der Waals surface area (Å²) in [5.41, 5.74) is 6.49. The third kappa shape index (κ3) is 2.26. The summed E-state index contributed by atoms with van der Waals surface area (Å²) in [5, 5.41) is 2.47.